The maximum atomic E-state index is 13.1. The Bertz CT molecular complexity index is 1220. The average Bonchev–Trinajstić information content (AvgIpc) is 2.91. The van der Waals surface area contributed by atoms with Crippen molar-refractivity contribution in [3.63, 3.8) is 0 Å². The number of carbonyl (C=O) groups excluding carboxylic acids is 3. The number of hydrogen-bond donors (Lipinski definition) is 1. The molecule has 0 radical (unpaired) electrons. The number of carbonyl (C=O) groups is 3. The number of aldehydes is 1. The quantitative estimate of drug-likeness (QED) is 0.268. The number of hydrogen-bond acceptors (Lipinski definition) is 8. The van der Waals surface area contributed by atoms with E-state index in [0.717, 1.165) is 5.56 Å². The summed E-state index contributed by atoms with van der Waals surface area (Å²) in [6, 6.07) is 20.6. The Morgan fingerprint density at radius 3 is 2.32 bits per heavy atom. The summed E-state index contributed by atoms with van der Waals surface area (Å²) in [5.74, 6) is -0.676. The number of nitrogens with one attached hydrogen (secondary N) is 1. The summed E-state index contributed by atoms with van der Waals surface area (Å²) >= 11 is 0. The molecule has 1 amide bonds. The van der Waals surface area contributed by atoms with Gasteiger partial charge in [-0.05, 0) is 31.5 Å². The van der Waals surface area contributed by atoms with Crippen LogP contribution in [0.25, 0.3) is 0 Å². The van der Waals surface area contributed by atoms with Crippen LogP contribution in [-0.4, -0.2) is 54.6 Å². The molecule has 0 aliphatic carbocycles. The molecular weight excluding hydrogens is 488 g/mol. The fourth-order valence-corrected chi connectivity index (χ4v) is 3.69. The highest BCUT2D eigenvalue weighted by Gasteiger charge is 2.32. The Labute approximate surface area is 222 Å². The van der Waals surface area contributed by atoms with Crippen molar-refractivity contribution in [3.8, 4) is 17.2 Å². The standard InChI is InChI=1S/C29H32N2O7/c1-20(37-23-13-9-6-10-14-23)25(17-22-11-7-5-8-12-22)36-19-29(3,18-32)31-28(34)26-27(38-21(2)33)24(35-4)15-16-30-26/h5-16,18,20,25H,17,19H2,1-4H3,(H,31,34)/t20-,25+,29+/m0/s1. The van der Waals surface area contributed by atoms with Gasteiger partial charge in [-0.1, -0.05) is 48.5 Å². The number of para-hydroxylation sites is 1. The Hall–Kier alpha value is -4.24. The van der Waals surface area contributed by atoms with Crippen LogP contribution in [0.4, 0.5) is 0 Å². The van der Waals surface area contributed by atoms with Crippen molar-refractivity contribution < 1.29 is 33.3 Å². The van der Waals surface area contributed by atoms with Crippen molar-refractivity contribution >= 4 is 18.2 Å². The second kappa shape index (κ2) is 13.3. The first-order valence-electron chi connectivity index (χ1n) is 12.1. The number of aromatic nitrogens is 1. The molecule has 0 saturated carbocycles. The fourth-order valence-electron chi connectivity index (χ4n) is 3.69. The molecule has 3 atom stereocenters. The number of nitrogens with zero attached hydrogens (tertiary/aromatic N) is 1. The maximum absolute atomic E-state index is 13.1. The SMILES string of the molecule is COc1ccnc(C(=O)N[C@](C)(C=O)CO[C@H](Cc2ccccc2)[C@H](C)Oc2ccccc2)c1OC(C)=O. The highest BCUT2D eigenvalue weighted by molar-refractivity contribution is 5.98. The molecule has 3 rings (SSSR count). The van der Waals surface area contributed by atoms with Crippen LogP contribution >= 0.6 is 0 Å². The van der Waals surface area contributed by atoms with Gasteiger partial charge in [0.15, 0.2) is 11.4 Å². The van der Waals surface area contributed by atoms with E-state index >= 15 is 0 Å². The molecule has 0 aliphatic rings. The zero-order valence-corrected chi connectivity index (χ0v) is 21.9. The van der Waals surface area contributed by atoms with Gasteiger partial charge in [-0.25, -0.2) is 4.98 Å². The Kier molecular flexibility index (Phi) is 9.95. The molecule has 0 aliphatic heterocycles. The van der Waals surface area contributed by atoms with E-state index in [1.807, 2.05) is 67.6 Å². The maximum Gasteiger partial charge on any atom is 0.308 e. The molecule has 2 aromatic carbocycles. The summed E-state index contributed by atoms with van der Waals surface area (Å²) in [6.07, 6.45) is 1.64. The molecule has 3 aromatic rings. The van der Waals surface area contributed by atoms with Crippen LogP contribution < -0.4 is 19.5 Å². The molecule has 38 heavy (non-hydrogen) atoms. The lowest BCUT2D eigenvalue weighted by Gasteiger charge is -2.30. The Morgan fingerprint density at radius 2 is 1.71 bits per heavy atom. The van der Waals surface area contributed by atoms with Crippen LogP contribution in [0.2, 0.25) is 0 Å². The third kappa shape index (κ3) is 7.88. The van der Waals surface area contributed by atoms with Crippen molar-refractivity contribution in [3.05, 3.63) is 84.2 Å². The second-order valence-corrected chi connectivity index (χ2v) is 8.95. The van der Waals surface area contributed by atoms with Crippen molar-refractivity contribution in [1.29, 1.82) is 0 Å². The molecule has 1 N–H and O–H groups in total. The first-order valence-corrected chi connectivity index (χ1v) is 12.1. The lowest BCUT2D eigenvalue weighted by atomic mass is 10.0. The van der Waals surface area contributed by atoms with E-state index in [0.29, 0.717) is 18.5 Å². The van der Waals surface area contributed by atoms with Crippen molar-refractivity contribution in [2.45, 2.75) is 44.9 Å². The fraction of sp³-hybridized carbons (Fsp3) is 0.310. The van der Waals surface area contributed by atoms with Crippen molar-refractivity contribution in [2.24, 2.45) is 0 Å². The molecule has 1 aromatic heterocycles. The average molecular weight is 521 g/mol. The summed E-state index contributed by atoms with van der Waals surface area (Å²) in [7, 11) is 1.37. The Morgan fingerprint density at radius 1 is 1.05 bits per heavy atom. The van der Waals surface area contributed by atoms with Gasteiger partial charge >= 0.3 is 5.97 Å². The zero-order chi connectivity index (χ0) is 27.5. The van der Waals surface area contributed by atoms with Gasteiger partial charge in [-0.15, -0.1) is 0 Å². The van der Waals surface area contributed by atoms with Gasteiger partial charge in [0.1, 0.15) is 23.7 Å². The van der Waals surface area contributed by atoms with E-state index in [4.69, 9.17) is 18.9 Å². The summed E-state index contributed by atoms with van der Waals surface area (Å²) in [6.45, 7) is 4.48. The van der Waals surface area contributed by atoms with Gasteiger partial charge < -0.3 is 29.1 Å². The van der Waals surface area contributed by atoms with E-state index in [2.05, 4.69) is 10.3 Å². The van der Waals surface area contributed by atoms with Gasteiger partial charge in [-0.3, -0.25) is 9.59 Å². The molecular formula is C29H32N2O7. The third-order valence-corrected chi connectivity index (χ3v) is 5.67. The van der Waals surface area contributed by atoms with Gasteiger partial charge in [0, 0.05) is 25.6 Å². The van der Waals surface area contributed by atoms with Crippen molar-refractivity contribution in [2.75, 3.05) is 13.7 Å². The van der Waals surface area contributed by atoms with Crippen LogP contribution in [0.15, 0.2) is 72.9 Å². The minimum Gasteiger partial charge on any atom is -0.493 e. The summed E-state index contributed by atoms with van der Waals surface area (Å²) in [5.41, 5.74) is -0.588. The van der Waals surface area contributed by atoms with Crippen molar-refractivity contribution in [1.82, 2.24) is 10.3 Å². The monoisotopic (exact) mass is 520 g/mol. The topological polar surface area (TPSA) is 113 Å². The molecule has 0 fully saturated rings. The summed E-state index contributed by atoms with van der Waals surface area (Å²) in [5, 5.41) is 2.65. The van der Waals surface area contributed by atoms with E-state index in [-0.39, 0.29) is 29.9 Å². The van der Waals surface area contributed by atoms with Gasteiger partial charge in [0.05, 0.1) is 19.8 Å². The second-order valence-electron chi connectivity index (χ2n) is 8.95. The van der Waals surface area contributed by atoms with Gasteiger partial charge in [-0.2, -0.15) is 0 Å². The number of esters is 1. The first-order chi connectivity index (χ1) is 18.2. The van der Waals surface area contributed by atoms with Crippen LogP contribution in [0.3, 0.4) is 0 Å². The van der Waals surface area contributed by atoms with Crippen LogP contribution in [0, 0.1) is 0 Å². The van der Waals surface area contributed by atoms with Crippen LogP contribution in [-0.2, 0) is 20.7 Å². The minimum atomic E-state index is -1.42. The molecule has 9 heteroatoms. The number of amides is 1. The van der Waals surface area contributed by atoms with Gasteiger partial charge in [0.2, 0.25) is 5.75 Å². The first kappa shape index (κ1) is 28.3. The summed E-state index contributed by atoms with van der Waals surface area (Å²) in [4.78, 5) is 40.9. The number of pyridine rings is 1. The highest BCUT2D eigenvalue weighted by Crippen LogP contribution is 2.30. The summed E-state index contributed by atoms with van der Waals surface area (Å²) < 4.78 is 22.7. The highest BCUT2D eigenvalue weighted by atomic mass is 16.6. The van der Waals surface area contributed by atoms with E-state index < -0.39 is 23.5 Å². The minimum absolute atomic E-state index is 0.138. The molecule has 9 nitrogen and oxygen atoms in total. The number of benzene rings is 2. The predicted molar refractivity (Wildman–Crippen MR) is 140 cm³/mol. The molecule has 0 spiro atoms. The molecule has 0 unspecified atom stereocenters. The number of rotatable bonds is 13. The zero-order valence-electron chi connectivity index (χ0n) is 21.9. The molecule has 0 bridgehead atoms. The van der Waals surface area contributed by atoms with E-state index in [1.54, 1.807) is 0 Å². The van der Waals surface area contributed by atoms with E-state index in [1.165, 1.54) is 33.2 Å². The molecule has 1 heterocycles. The normalized spacial score (nSPS) is 13.9. The largest absolute Gasteiger partial charge is 0.493 e. The lowest BCUT2D eigenvalue weighted by molar-refractivity contribution is -0.132. The van der Waals surface area contributed by atoms with Crippen LogP contribution in [0.1, 0.15) is 36.8 Å². The van der Waals surface area contributed by atoms with Gasteiger partial charge in [0.25, 0.3) is 5.91 Å². The number of methoxy groups -OCH3 is 1. The predicted octanol–water partition coefficient (Wildman–Crippen LogP) is 3.80. The molecule has 0 saturated heterocycles. The smallest absolute Gasteiger partial charge is 0.308 e. The lowest BCUT2D eigenvalue weighted by Crippen LogP contribution is -2.52. The Balaban J connectivity index is 1.78. The number of ether oxygens (including phenoxy) is 4. The molecule has 200 valence electrons. The third-order valence-electron chi connectivity index (χ3n) is 5.67. The van der Waals surface area contributed by atoms with Crippen LogP contribution in [0.5, 0.6) is 17.2 Å². The van der Waals surface area contributed by atoms with E-state index in [9.17, 15) is 14.4 Å².